The van der Waals surface area contributed by atoms with Crippen LogP contribution in [0.3, 0.4) is 0 Å². The molecule has 0 aliphatic carbocycles. The molecule has 0 saturated heterocycles. The standard InChI is InChI=1S/C15H18N8O4/c1-9-13(23(25)26)10(2)22(20-9)6-11(24)27-5-3-4-21-8-19-12-14(16)17-7-18-15(12)21/h7-8H,3-6H2,1-2H3,(H2,16,17,18). The minimum atomic E-state index is -0.516. The Morgan fingerprint density at radius 3 is 2.81 bits per heavy atom. The number of esters is 1. The fourth-order valence-corrected chi connectivity index (χ4v) is 2.76. The molecule has 142 valence electrons. The molecule has 0 atom stereocenters. The van der Waals surface area contributed by atoms with Crippen molar-refractivity contribution in [2.24, 2.45) is 0 Å². The van der Waals surface area contributed by atoms with Gasteiger partial charge in [0.2, 0.25) is 0 Å². The number of carbonyl (C=O) groups excluding carboxylic acids is 1. The topological polar surface area (TPSA) is 157 Å². The highest BCUT2D eigenvalue weighted by Gasteiger charge is 2.23. The molecule has 3 aromatic heterocycles. The van der Waals surface area contributed by atoms with Crippen LogP contribution in [-0.2, 0) is 22.6 Å². The first-order valence-electron chi connectivity index (χ1n) is 8.13. The van der Waals surface area contributed by atoms with E-state index in [0.717, 1.165) is 0 Å². The van der Waals surface area contributed by atoms with Gasteiger partial charge in [-0.3, -0.25) is 19.6 Å². The molecule has 0 saturated carbocycles. The van der Waals surface area contributed by atoms with Gasteiger partial charge in [0.25, 0.3) is 0 Å². The Bertz CT molecular complexity index is 1010. The molecule has 0 amide bonds. The molecule has 0 bridgehead atoms. The predicted octanol–water partition coefficient (Wildman–Crippen LogP) is 0.764. The quantitative estimate of drug-likeness (QED) is 0.273. The minimum absolute atomic E-state index is 0.0870. The second-order valence-corrected chi connectivity index (χ2v) is 5.88. The maximum Gasteiger partial charge on any atom is 0.327 e. The van der Waals surface area contributed by atoms with Crippen molar-refractivity contribution in [2.75, 3.05) is 12.3 Å². The van der Waals surface area contributed by atoms with Gasteiger partial charge in [0.05, 0.1) is 17.9 Å². The van der Waals surface area contributed by atoms with Crippen molar-refractivity contribution < 1.29 is 14.5 Å². The number of fused-ring (bicyclic) bond motifs is 1. The van der Waals surface area contributed by atoms with Crippen molar-refractivity contribution in [1.29, 1.82) is 0 Å². The summed E-state index contributed by atoms with van der Waals surface area (Å²) >= 11 is 0. The molecule has 3 heterocycles. The summed E-state index contributed by atoms with van der Waals surface area (Å²) in [5.41, 5.74) is 7.37. The zero-order valence-corrected chi connectivity index (χ0v) is 14.8. The summed E-state index contributed by atoms with van der Waals surface area (Å²) in [6.07, 6.45) is 3.51. The summed E-state index contributed by atoms with van der Waals surface area (Å²) in [7, 11) is 0. The SMILES string of the molecule is Cc1nn(CC(=O)OCCCn2cnc3c(N)ncnc32)c(C)c1[N+](=O)[O-]. The maximum atomic E-state index is 12.0. The first kappa shape index (κ1) is 18.2. The van der Waals surface area contributed by atoms with Gasteiger partial charge < -0.3 is 15.0 Å². The van der Waals surface area contributed by atoms with E-state index in [9.17, 15) is 14.9 Å². The van der Waals surface area contributed by atoms with Crippen LogP contribution in [0, 0.1) is 24.0 Å². The fourth-order valence-electron chi connectivity index (χ4n) is 2.76. The Balaban J connectivity index is 1.52. The Hall–Kier alpha value is -3.57. The van der Waals surface area contributed by atoms with Crippen molar-refractivity contribution in [3.63, 3.8) is 0 Å². The van der Waals surface area contributed by atoms with E-state index in [1.54, 1.807) is 17.8 Å². The predicted molar refractivity (Wildman–Crippen MR) is 93.7 cm³/mol. The molecule has 3 rings (SSSR count). The second-order valence-electron chi connectivity index (χ2n) is 5.88. The fraction of sp³-hybridized carbons (Fsp3) is 0.400. The number of hydrogen-bond acceptors (Lipinski definition) is 9. The molecule has 0 aliphatic heterocycles. The molecule has 0 spiro atoms. The molecule has 2 N–H and O–H groups in total. The van der Waals surface area contributed by atoms with E-state index in [1.807, 2.05) is 0 Å². The summed E-state index contributed by atoms with van der Waals surface area (Å²) in [6.45, 7) is 3.60. The zero-order valence-electron chi connectivity index (χ0n) is 14.8. The van der Waals surface area contributed by atoms with E-state index < -0.39 is 10.9 Å². The van der Waals surface area contributed by atoms with Crippen LogP contribution in [-0.4, -0.2) is 46.8 Å². The summed E-state index contributed by atoms with van der Waals surface area (Å²) in [5, 5.41) is 15.0. The summed E-state index contributed by atoms with van der Waals surface area (Å²) in [5.74, 6) is -0.207. The normalized spacial score (nSPS) is 11.0. The van der Waals surface area contributed by atoms with Crippen LogP contribution >= 0.6 is 0 Å². The van der Waals surface area contributed by atoms with Gasteiger partial charge in [0, 0.05) is 6.54 Å². The number of aromatic nitrogens is 6. The molecule has 27 heavy (non-hydrogen) atoms. The average Bonchev–Trinajstić information content (AvgIpc) is 3.14. The molecule has 0 unspecified atom stereocenters. The van der Waals surface area contributed by atoms with Gasteiger partial charge in [-0.25, -0.2) is 15.0 Å². The third-order valence-electron chi connectivity index (χ3n) is 4.04. The molecule has 0 fully saturated rings. The van der Waals surface area contributed by atoms with Gasteiger partial charge in [-0.1, -0.05) is 0 Å². The van der Waals surface area contributed by atoms with Crippen LogP contribution in [0.1, 0.15) is 17.8 Å². The molecule has 0 radical (unpaired) electrons. The van der Waals surface area contributed by atoms with E-state index >= 15 is 0 Å². The van der Waals surface area contributed by atoms with Crippen LogP contribution in [0.25, 0.3) is 11.2 Å². The molecule has 12 nitrogen and oxygen atoms in total. The smallest absolute Gasteiger partial charge is 0.327 e. The largest absolute Gasteiger partial charge is 0.464 e. The van der Waals surface area contributed by atoms with E-state index in [-0.39, 0.29) is 24.5 Å². The van der Waals surface area contributed by atoms with Crippen molar-refractivity contribution >= 4 is 28.6 Å². The lowest BCUT2D eigenvalue weighted by Crippen LogP contribution is -2.17. The highest BCUT2D eigenvalue weighted by molar-refractivity contribution is 5.81. The summed E-state index contributed by atoms with van der Waals surface area (Å²) in [4.78, 5) is 34.6. The highest BCUT2D eigenvalue weighted by atomic mass is 16.6. The number of nitrogens with two attached hydrogens (primary N) is 1. The van der Waals surface area contributed by atoms with Crippen LogP contribution in [0.5, 0.6) is 0 Å². The monoisotopic (exact) mass is 374 g/mol. The Morgan fingerprint density at radius 1 is 1.33 bits per heavy atom. The lowest BCUT2D eigenvalue weighted by molar-refractivity contribution is -0.386. The number of nitrogens with zero attached hydrogens (tertiary/aromatic N) is 7. The molecule has 3 aromatic rings. The van der Waals surface area contributed by atoms with E-state index in [0.29, 0.717) is 35.6 Å². The number of nitro groups is 1. The lowest BCUT2D eigenvalue weighted by Gasteiger charge is -2.07. The Kier molecular flexibility index (Phi) is 4.96. The lowest BCUT2D eigenvalue weighted by atomic mass is 10.3. The first-order valence-corrected chi connectivity index (χ1v) is 8.13. The van der Waals surface area contributed by atoms with Gasteiger partial charge in [-0.15, -0.1) is 0 Å². The first-order chi connectivity index (χ1) is 12.9. The van der Waals surface area contributed by atoms with Gasteiger partial charge in [0.1, 0.15) is 29.8 Å². The molecule has 12 heteroatoms. The number of aryl methyl sites for hydroxylation is 2. The zero-order chi connectivity index (χ0) is 19.6. The molecule has 0 aromatic carbocycles. The third kappa shape index (κ3) is 3.68. The van der Waals surface area contributed by atoms with Crippen molar-refractivity contribution in [3.8, 4) is 0 Å². The number of ether oxygens (including phenoxy) is 1. The third-order valence-corrected chi connectivity index (χ3v) is 4.04. The summed E-state index contributed by atoms with van der Waals surface area (Å²) < 4.78 is 8.26. The average molecular weight is 374 g/mol. The van der Waals surface area contributed by atoms with Gasteiger partial charge in [-0.05, 0) is 20.3 Å². The number of nitrogen functional groups attached to an aromatic ring is 1. The maximum absolute atomic E-state index is 12.0. The highest BCUT2D eigenvalue weighted by Crippen LogP contribution is 2.21. The Labute approximate surface area is 153 Å². The van der Waals surface area contributed by atoms with Crippen LogP contribution in [0.2, 0.25) is 0 Å². The van der Waals surface area contributed by atoms with Crippen LogP contribution in [0.15, 0.2) is 12.7 Å². The number of carbonyl (C=O) groups is 1. The van der Waals surface area contributed by atoms with Gasteiger partial charge >= 0.3 is 11.7 Å². The molecular formula is C15H18N8O4. The van der Waals surface area contributed by atoms with E-state index in [2.05, 4.69) is 20.1 Å². The number of anilines is 1. The van der Waals surface area contributed by atoms with Crippen LogP contribution < -0.4 is 5.73 Å². The second kappa shape index (κ2) is 7.35. The number of rotatable bonds is 7. The minimum Gasteiger partial charge on any atom is -0.464 e. The van der Waals surface area contributed by atoms with Crippen molar-refractivity contribution in [2.45, 2.75) is 33.4 Å². The van der Waals surface area contributed by atoms with Crippen LogP contribution in [0.4, 0.5) is 11.5 Å². The van der Waals surface area contributed by atoms with E-state index in [1.165, 1.54) is 17.9 Å². The van der Waals surface area contributed by atoms with Crippen molar-refractivity contribution in [3.05, 3.63) is 34.2 Å². The van der Waals surface area contributed by atoms with Crippen molar-refractivity contribution in [1.82, 2.24) is 29.3 Å². The summed E-state index contributed by atoms with van der Waals surface area (Å²) in [6, 6.07) is 0. The Morgan fingerprint density at radius 2 is 2.11 bits per heavy atom. The van der Waals surface area contributed by atoms with Gasteiger partial charge in [-0.2, -0.15) is 5.10 Å². The number of hydrogen-bond donors (Lipinski definition) is 1. The molecular weight excluding hydrogens is 356 g/mol. The van der Waals surface area contributed by atoms with E-state index in [4.69, 9.17) is 10.5 Å². The number of imidazole rings is 1. The van der Waals surface area contributed by atoms with Gasteiger partial charge in [0.15, 0.2) is 11.5 Å². The molecule has 0 aliphatic rings.